The second kappa shape index (κ2) is 10.9. The van der Waals surface area contributed by atoms with Gasteiger partial charge in [0.15, 0.2) is 5.13 Å². The van der Waals surface area contributed by atoms with Gasteiger partial charge in [0, 0.05) is 36.1 Å². The molecule has 1 fully saturated rings. The lowest BCUT2D eigenvalue weighted by Gasteiger charge is -2.27. The van der Waals surface area contributed by atoms with Crippen molar-refractivity contribution in [2.75, 3.05) is 50.0 Å². The van der Waals surface area contributed by atoms with Crippen molar-refractivity contribution in [3.05, 3.63) is 52.8 Å². The highest BCUT2D eigenvalue weighted by Gasteiger charge is 2.21. The third-order valence-electron chi connectivity index (χ3n) is 5.40. The molecule has 4 rings (SSSR count). The maximum absolute atomic E-state index is 13.2. The molecule has 2 aromatic carbocycles. The predicted molar refractivity (Wildman–Crippen MR) is 131 cm³/mol. The van der Waals surface area contributed by atoms with Crippen molar-refractivity contribution in [3.8, 4) is 0 Å². The molecule has 0 radical (unpaired) electrons. The zero-order chi connectivity index (χ0) is 22.5. The number of rotatable bonds is 8. The van der Waals surface area contributed by atoms with Crippen molar-refractivity contribution in [1.82, 2.24) is 9.88 Å². The van der Waals surface area contributed by atoms with Crippen molar-refractivity contribution in [1.29, 1.82) is 0 Å². The van der Waals surface area contributed by atoms with Crippen LogP contribution in [-0.2, 0) is 9.53 Å². The number of carbonyl (C=O) groups excluding carboxylic acids is 1. The number of morpholine rings is 1. The summed E-state index contributed by atoms with van der Waals surface area (Å²) < 4.78 is 19.6. The monoisotopic (exact) mass is 493 g/mol. The SMILES string of the molecule is Cc1c(Cl)ccc2sc(N(CCCN3CCOCC3)C(=O)CSc3ccc(F)cc3)nc12. The quantitative estimate of drug-likeness (QED) is 0.401. The van der Waals surface area contributed by atoms with E-state index in [0.717, 1.165) is 59.9 Å². The average Bonchev–Trinajstić information content (AvgIpc) is 3.24. The zero-order valence-corrected chi connectivity index (χ0v) is 20.2. The van der Waals surface area contributed by atoms with Gasteiger partial charge >= 0.3 is 0 Å². The fourth-order valence-corrected chi connectivity index (χ4v) is 5.56. The van der Waals surface area contributed by atoms with E-state index in [1.165, 1.54) is 35.2 Å². The first-order chi connectivity index (χ1) is 15.5. The Labute approximate surface area is 200 Å². The van der Waals surface area contributed by atoms with Crippen molar-refractivity contribution >= 4 is 56.0 Å². The van der Waals surface area contributed by atoms with Crippen molar-refractivity contribution in [2.45, 2.75) is 18.2 Å². The molecule has 1 saturated heterocycles. The van der Waals surface area contributed by atoms with E-state index < -0.39 is 0 Å². The zero-order valence-electron chi connectivity index (χ0n) is 17.9. The Morgan fingerprint density at radius 1 is 1.25 bits per heavy atom. The Balaban J connectivity index is 1.49. The summed E-state index contributed by atoms with van der Waals surface area (Å²) in [6.45, 7) is 6.81. The minimum absolute atomic E-state index is 0.0101. The van der Waals surface area contributed by atoms with Crippen LogP contribution in [-0.4, -0.2) is 60.9 Å². The summed E-state index contributed by atoms with van der Waals surface area (Å²) in [5, 5.41) is 1.36. The highest BCUT2D eigenvalue weighted by atomic mass is 35.5. The van der Waals surface area contributed by atoms with Crippen LogP contribution in [0.1, 0.15) is 12.0 Å². The Kier molecular flexibility index (Phi) is 8.02. The van der Waals surface area contributed by atoms with Gasteiger partial charge in [-0.1, -0.05) is 22.9 Å². The normalized spacial score (nSPS) is 14.7. The number of carbonyl (C=O) groups is 1. The molecule has 0 spiro atoms. The second-order valence-electron chi connectivity index (χ2n) is 7.61. The molecule has 9 heteroatoms. The summed E-state index contributed by atoms with van der Waals surface area (Å²) in [7, 11) is 0. The van der Waals surface area contributed by atoms with E-state index in [1.807, 2.05) is 19.1 Å². The first-order valence-electron chi connectivity index (χ1n) is 10.6. The maximum Gasteiger partial charge on any atom is 0.239 e. The number of hydrogen-bond acceptors (Lipinski definition) is 6. The van der Waals surface area contributed by atoms with Gasteiger partial charge in [-0.25, -0.2) is 9.37 Å². The van der Waals surface area contributed by atoms with E-state index in [1.54, 1.807) is 17.0 Å². The van der Waals surface area contributed by atoms with E-state index >= 15 is 0 Å². The average molecular weight is 494 g/mol. The Bertz CT molecular complexity index is 1070. The number of ether oxygens (including phenoxy) is 1. The van der Waals surface area contributed by atoms with Gasteiger partial charge in [-0.3, -0.25) is 14.6 Å². The summed E-state index contributed by atoms with van der Waals surface area (Å²) in [6, 6.07) is 10.0. The molecule has 1 aliphatic heterocycles. The second-order valence-corrected chi connectivity index (χ2v) is 10.1. The molecule has 32 heavy (non-hydrogen) atoms. The fraction of sp³-hybridized carbons (Fsp3) is 0.391. The molecular weight excluding hydrogens is 469 g/mol. The first kappa shape index (κ1) is 23.4. The van der Waals surface area contributed by atoms with Crippen LogP contribution in [0.15, 0.2) is 41.3 Å². The van der Waals surface area contributed by atoms with Crippen molar-refractivity contribution in [2.24, 2.45) is 0 Å². The van der Waals surface area contributed by atoms with Gasteiger partial charge in [-0.2, -0.15) is 0 Å². The molecule has 1 aromatic heterocycles. The molecule has 1 amide bonds. The van der Waals surface area contributed by atoms with E-state index in [9.17, 15) is 9.18 Å². The molecular formula is C23H25ClFN3O2S2. The third kappa shape index (κ3) is 5.80. The van der Waals surface area contributed by atoms with E-state index in [-0.39, 0.29) is 17.5 Å². The maximum atomic E-state index is 13.2. The molecule has 2 heterocycles. The van der Waals surface area contributed by atoms with Crippen LogP contribution < -0.4 is 4.90 Å². The number of amides is 1. The third-order valence-corrected chi connectivity index (χ3v) is 7.85. The summed E-state index contributed by atoms with van der Waals surface area (Å²) in [5.74, 6) is -0.0307. The molecule has 1 aliphatic rings. The Morgan fingerprint density at radius 3 is 2.75 bits per heavy atom. The van der Waals surface area contributed by atoms with Crippen LogP contribution in [0, 0.1) is 12.7 Å². The molecule has 0 aliphatic carbocycles. The van der Waals surface area contributed by atoms with Gasteiger partial charge in [-0.05, 0) is 55.3 Å². The molecule has 0 saturated carbocycles. The van der Waals surface area contributed by atoms with Crippen molar-refractivity contribution in [3.63, 3.8) is 0 Å². The number of anilines is 1. The van der Waals surface area contributed by atoms with E-state index in [2.05, 4.69) is 4.90 Å². The molecule has 0 bridgehead atoms. The highest BCUT2D eigenvalue weighted by molar-refractivity contribution is 8.00. The number of aromatic nitrogens is 1. The fourth-order valence-electron chi connectivity index (χ4n) is 3.56. The van der Waals surface area contributed by atoms with Gasteiger partial charge < -0.3 is 4.74 Å². The van der Waals surface area contributed by atoms with Gasteiger partial charge in [0.2, 0.25) is 5.91 Å². The standard InChI is InChI=1S/C23H25ClFN3O2S2/c1-16-19(24)7-8-20-22(16)26-23(32-20)28(10-2-9-27-11-13-30-14-12-27)21(29)15-31-18-5-3-17(25)4-6-18/h3-8H,2,9-15H2,1H3. The smallest absolute Gasteiger partial charge is 0.239 e. The van der Waals surface area contributed by atoms with Crippen LogP contribution in [0.5, 0.6) is 0 Å². The summed E-state index contributed by atoms with van der Waals surface area (Å²) in [5.41, 5.74) is 1.77. The van der Waals surface area contributed by atoms with Gasteiger partial charge in [0.25, 0.3) is 0 Å². The van der Waals surface area contributed by atoms with Crippen LogP contribution in [0.2, 0.25) is 5.02 Å². The Hall–Kier alpha value is -1.71. The van der Waals surface area contributed by atoms with E-state index in [4.69, 9.17) is 21.3 Å². The number of nitrogens with zero attached hydrogens (tertiary/aromatic N) is 3. The summed E-state index contributed by atoms with van der Waals surface area (Å²) in [6.07, 6.45) is 0.850. The molecule has 0 N–H and O–H groups in total. The summed E-state index contributed by atoms with van der Waals surface area (Å²) >= 11 is 9.19. The molecule has 3 aromatic rings. The summed E-state index contributed by atoms with van der Waals surface area (Å²) in [4.78, 5) is 23.0. The van der Waals surface area contributed by atoms with Crippen LogP contribution in [0.3, 0.4) is 0 Å². The number of hydrogen-bond donors (Lipinski definition) is 0. The number of benzene rings is 2. The van der Waals surface area contributed by atoms with Crippen LogP contribution in [0.4, 0.5) is 9.52 Å². The number of thiazole rings is 1. The number of halogens is 2. The largest absolute Gasteiger partial charge is 0.379 e. The Morgan fingerprint density at radius 2 is 2.00 bits per heavy atom. The van der Waals surface area contributed by atoms with Crippen LogP contribution in [0.25, 0.3) is 10.2 Å². The lowest BCUT2D eigenvalue weighted by Crippen LogP contribution is -2.39. The number of aryl methyl sites for hydroxylation is 1. The number of fused-ring (bicyclic) bond motifs is 1. The minimum Gasteiger partial charge on any atom is -0.379 e. The van der Waals surface area contributed by atoms with Gasteiger partial charge in [0.05, 0.1) is 29.2 Å². The molecule has 170 valence electrons. The van der Waals surface area contributed by atoms with Gasteiger partial charge in [0.1, 0.15) is 5.82 Å². The molecule has 0 atom stereocenters. The van der Waals surface area contributed by atoms with E-state index in [0.29, 0.717) is 16.7 Å². The lowest BCUT2D eigenvalue weighted by atomic mass is 10.2. The lowest BCUT2D eigenvalue weighted by molar-refractivity contribution is -0.116. The van der Waals surface area contributed by atoms with Gasteiger partial charge in [-0.15, -0.1) is 11.8 Å². The predicted octanol–water partition coefficient (Wildman–Crippen LogP) is 5.24. The van der Waals surface area contributed by atoms with Crippen LogP contribution >= 0.6 is 34.7 Å². The highest BCUT2D eigenvalue weighted by Crippen LogP contribution is 2.34. The minimum atomic E-state index is -0.283. The molecule has 5 nitrogen and oxygen atoms in total. The topological polar surface area (TPSA) is 45.7 Å². The van der Waals surface area contributed by atoms with Crippen molar-refractivity contribution < 1.29 is 13.9 Å². The first-order valence-corrected chi connectivity index (χ1v) is 12.7. The molecule has 0 unspecified atom stereocenters. The number of thioether (sulfide) groups is 1.